The smallest absolute Gasteiger partial charge is 0.253 e. The predicted molar refractivity (Wildman–Crippen MR) is 125 cm³/mol. The van der Waals surface area contributed by atoms with Gasteiger partial charge < -0.3 is 4.57 Å². The van der Waals surface area contributed by atoms with E-state index in [1.54, 1.807) is 6.21 Å². The van der Waals surface area contributed by atoms with Crippen molar-refractivity contribution in [1.29, 1.82) is 0 Å². The molecular weight excluding hydrogens is 446 g/mol. The molecule has 0 spiro atoms. The molecular formula is C23H24BrN3OS. The van der Waals surface area contributed by atoms with E-state index in [0.29, 0.717) is 0 Å². The van der Waals surface area contributed by atoms with Crippen LogP contribution in [0.2, 0.25) is 0 Å². The van der Waals surface area contributed by atoms with Gasteiger partial charge in [0.2, 0.25) is 0 Å². The Morgan fingerprint density at radius 3 is 2.41 bits per heavy atom. The van der Waals surface area contributed by atoms with E-state index < -0.39 is 0 Å². The first-order valence-electron chi connectivity index (χ1n) is 9.36. The van der Waals surface area contributed by atoms with Gasteiger partial charge in [0.25, 0.3) is 5.91 Å². The molecule has 1 atom stereocenters. The van der Waals surface area contributed by atoms with E-state index in [0.717, 1.165) is 32.0 Å². The molecule has 1 aromatic heterocycles. The first-order chi connectivity index (χ1) is 13.8. The van der Waals surface area contributed by atoms with Gasteiger partial charge in [-0.1, -0.05) is 33.6 Å². The summed E-state index contributed by atoms with van der Waals surface area (Å²) in [6.45, 7) is 8.04. The van der Waals surface area contributed by atoms with Crippen LogP contribution >= 0.6 is 27.7 Å². The zero-order chi connectivity index (χ0) is 21.0. The summed E-state index contributed by atoms with van der Waals surface area (Å²) in [5.41, 5.74) is 8.12. The third kappa shape index (κ3) is 5.40. The van der Waals surface area contributed by atoms with Crippen LogP contribution in [0.15, 0.2) is 69.1 Å². The number of hydrogen-bond acceptors (Lipinski definition) is 3. The Kier molecular flexibility index (Phi) is 6.98. The number of benzene rings is 2. The van der Waals surface area contributed by atoms with Crippen molar-refractivity contribution in [2.24, 2.45) is 5.10 Å². The summed E-state index contributed by atoms with van der Waals surface area (Å²) in [4.78, 5) is 13.4. The molecule has 6 heteroatoms. The Morgan fingerprint density at radius 2 is 1.76 bits per heavy atom. The maximum absolute atomic E-state index is 12.4. The highest BCUT2D eigenvalue weighted by molar-refractivity contribution is 9.10. The Bertz CT molecular complexity index is 1020. The molecule has 29 heavy (non-hydrogen) atoms. The maximum Gasteiger partial charge on any atom is 0.253 e. The Labute approximate surface area is 184 Å². The average molecular weight is 470 g/mol. The van der Waals surface area contributed by atoms with E-state index in [1.807, 2.05) is 57.2 Å². The van der Waals surface area contributed by atoms with Gasteiger partial charge in [-0.05, 0) is 70.2 Å². The van der Waals surface area contributed by atoms with Crippen LogP contribution in [0.25, 0.3) is 5.69 Å². The van der Waals surface area contributed by atoms with Crippen molar-refractivity contribution in [3.63, 3.8) is 0 Å². The summed E-state index contributed by atoms with van der Waals surface area (Å²) in [6.07, 6.45) is 1.71. The zero-order valence-electron chi connectivity index (χ0n) is 16.9. The van der Waals surface area contributed by atoms with E-state index in [-0.39, 0.29) is 11.2 Å². The maximum atomic E-state index is 12.4. The third-order valence-corrected chi connectivity index (χ3v) is 6.28. The van der Waals surface area contributed by atoms with Crippen molar-refractivity contribution < 1.29 is 4.79 Å². The quantitative estimate of drug-likeness (QED) is 0.281. The summed E-state index contributed by atoms with van der Waals surface area (Å²) in [5, 5.41) is 3.95. The van der Waals surface area contributed by atoms with Crippen molar-refractivity contribution >= 4 is 39.8 Å². The van der Waals surface area contributed by atoms with Gasteiger partial charge in [-0.25, -0.2) is 5.43 Å². The van der Waals surface area contributed by atoms with Gasteiger partial charge in [-0.15, -0.1) is 11.8 Å². The second-order valence-corrected chi connectivity index (χ2v) is 9.28. The second kappa shape index (κ2) is 9.46. The van der Waals surface area contributed by atoms with Crippen LogP contribution < -0.4 is 5.43 Å². The summed E-state index contributed by atoms with van der Waals surface area (Å²) >= 11 is 4.99. The molecule has 0 aliphatic carbocycles. The minimum absolute atomic E-state index is 0.117. The molecule has 3 rings (SSSR count). The Balaban J connectivity index is 1.65. The largest absolute Gasteiger partial charge is 0.318 e. The fourth-order valence-electron chi connectivity index (χ4n) is 3.04. The number of nitrogens with zero attached hydrogens (tertiary/aromatic N) is 2. The number of carbonyl (C=O) groups is 1. The first-order valence-corrected chi connectivity index (χ1v) is 11.0. The lowest BCUT2D eigenvalue weighted by molar-refractivity contribution is -0.120. The van der Waals surface area contributed by atoms with Crippen molar-refractivity contribution in [3.8, 4) is 5.69 Å². The first kappa shape index (κ1) is 21.4. The van der Waals surface area contributed by atoms with Crippen LogP contribution in [0.1, 0.15) is 29.4 Å². The molecule has 0 bridgehead atoms. The minimum atomic E-state index is -0.231. The fourth-order valence-corrected chi connectivity index (χ4v) is 4.16. The van der Waals surface area contributed by atoms with Crippen LogP contribution in [-0.4, -0.2) is 21.9 Å². The van der Waals surface area contributed by atoms with E-state index in [9.17, 15) is 4.79 Å². The van der Waals surface area contributed by atoms with Gasteiger partial charge in [0.05, 0.1) is 11.5 Å². The lowest BCUT2D eigenvalue weighted by Crippen LogP contribution is -2.26. The lowest BCUT2D eigenvalue weighted by Gasteiger charge is -2.10. The van der Waals surface area contributed by atoms with Gasteiger partial charge in [0, 0.05) is 32.0 Å². The van der Waals surface area contributed by atoms with Gasteiger partial charge in [-0.3, -0.25) is 4.79 Å². The fraction of sp³-hybridized carbons (Fsp3) is 0.217. The molecule has 1 N–H and O–H groups in total. The van der Waals surface area contributed by atoms with Gasteiger partial charge in [-0.2, -0.15) is 5.10 Å². The third-order valence-electron chi connectivity index (χ3n) is 4.64. The van der Waals surface area contributed by atoms with Gasteiger partial charge in [0.1, 0.15) is 0 Å². The summed E-state index contributed by atoms with van der Waals surface area (Å²) in [5.74, 6) is -0.117. The molecule has 1 amide bonds. The number of aromatic nitrogens is 1. The van der Waals surface area contributed by atoms with E-state index in [2.05, 4.69) is 56.1 Å². The van der Waals surface area contributed by atoms with Crippen molar-refractivity contribution in [1.82, 2.24) is 9.99 Å². The number of amides is 1. The molecule has 0 saturated heterocycles. The van der Waals surface area contributed by atoms with Crippen LogP contribution in [-0.2, 0) is 4.79 Å². The number of halogens is 1. The highest BCUT2D eigenvalue weighted by atomic mass is 79.9. The van der Waals surface area contributed by atoms with Crippen molar-refractivity contribution in [2.45, 2.75) is 37.8 Å². The van der Waals surface area contributed by atoms with Crippen LogP contribution in [0.4, 0.5) is 0 Å². The number of hydrazone groups is 1. The van der Waals surface area contributed by atoms with E-state index in [4.69, 9.17) is 0 Å². The monoisotopic (exact) mass is 469 g/mol. The molecule has 150 valence electrons. The molecule has 0 aliphatic rings. The summed E-state index contributed by atoms with van der Waals surface area (Å²) < 4.78 is 3.22. The topological polar surface area (TPSA) is 46.4 Å². The molecule has 2 aromatic carbocycles. The van der Waals surface area contributed by atoms with Crippen molar-refractivity contribution in [2.75, 3.05) is 0 Å². The van der Waals surface area contributed by atoms with Crippen LogP contribution in [0.3, 0.4) is 0 Å². The number of nitrogens with one attached hydrogen (secondary N) is 1. The minimum Gasteiger partial charge on any atom is -0.318 e. The SMILES string of the molecule is Cc1ccc(S[C@H](C)C(=O)N/N=C\c2cc(C)n(-c3ccc(Br)cc3)c2C)cc1. The predicted octanol–water partition coefficient (Wildman–Crippen LogP) is 5.80. The van der Waals surface area contributed by atoms with E-state index >= 15 is 0 Å². The second-order valence-electron chi connectivity index (χ2n) is 6.95. The molecule has 1 heterocycles. The molecule has 0 aliphatic heterocycles. The standard InChI is InChI=1S/C23H24BrN3OS/c1-15-5-11-22(12-6-15)29-18(4)23(28)26-25-14-19-13-16(2)27(17(19)3)21-9-7-20(24)8-10-21/h5-14,18H,1-4H3,(H,26,28)/b25-14-/t18-/m1/s1. The summed E-state index contributed by atoms with van der Waals surface area (Å²) in [7, 11) is 0. The molecule has 0 fully saturated rings. The molecule has 0 saturated carbocycles. The van der Waals surface area contributed by atoms with Crippen molar-refractivity contribution in [3.05, 3.63) is 81.6 Å². The highest BCUT2D eigenvalue weighted by Crippen LogP contribution is 2.24. The van der Waals surface area contributed by atoms with Crippen LogP contribution in [0, 0.1) is 20.8 Å². The number of thioether (sulfide) groups is 1. The number of hydrogen-bond donors (Lipinski definition) is 1. The molecule has 3 aromatic rings. The Hall–Kier alpha value is -2.31. The average Bonchev–Trinajstić information content (AvgIpc) is 2.97. The van der Waals surface area contributed by atoms with Crippen LogP contribution in [0.5, 0.6) is 0 Å². The number of carbonyl (C=O) groups excluding carboxylic acids is 1. The van der Waals surface area contributed by atoms with Gasteiger partial charge in [0.15, 0.2) is 0 Å². The zero-order valence-corrected chi connectivity index (χ0v) is 19.3. The number of aryl methyl sites for hydroxylation is 2. The molecule has 0 unspecified atom stereocenters. The highest BCUT2D eigenvalue weighted by Gasteiger charge is 2.14. The number of rotatable bonds is 6. The Morgan fingerprint density at radius 1 is 1.10 bits per heavy atom. The summed E-state index contributed by atoms with van der Waals surface area (Å²) in [6, 6.07) is 18.4. The van der Waals surface area contributed by atoms with Gasteiger partial charge >= 0.3 is 0 Å². The molecule has 0 radical (unpaired) electrons. The van der Waals surface area contributed by atoms with E-state index in [1.165, 1.54) is 17.3 Å². The normalized spacial score (nSPS) is 12.3. The molecule has 4 nitrogen and oxygen atoms in total. The lowest BCUT2D eigenvalue weighted by atomic mass is 10.2.